The zero-order valence-electron chi connectivity index (χ0n) is 12.6. The van der Waals surface area contributed by atoms with Crippen molar-refractivity contribution in [2.24, 2.45) is 11.8 Å². The van der Waals surface area contributed by atoms with E-state index in [1.807, 2.05) is 30.3 Å². The molecule has 0 radical (unpaired) electrons. The molecule has 1 N–H and O–H groups in total. The number of anilines is 1. The van der Waals surface area contributed by atoms with E-state index in [0.717, 1.165) is 40.4 Å². The van der Waals surface area contributed by atoms with Crippen LogP contribution in [0, 0.1) is 23.2 Å². The predicted molar refractivity (Wildman–Crippen MR) is 88.3 cm³/mol. The van der Waals surface area contributed by atoms with E-state index >= 15 is 0 Å². The summed E-state index contributed by atoms with van der Waals surface area (Å²) in [4.78, 5) is 0. The number of nitrogens with zero attached hydrogens (tertiary/aromatic N) is 1. The van der Waals surface area contributed by atoms with Crippen LogP contribution in [0.15, 0.2) is 36.4 Å². The fourth-order valence-corrected chi connectivity index (χ4v) is 3.55. The maximum absolute atomic E-state index is 9.22. The third kappa shape index (κ3) is 3.03. The summed E-state index contributed by atoms with van der Waals surface area (Å²) in [5, 5.41) is 15.0. The monoisotopic (exact) mass is 278 g/mol. The quantitative estimate of drug-likeness (QED) is 0.862. The Morgan fingerprint density at radius 1 is 1.14 bits per heavy atom. The molecule has 1 aliphatic carbocycles. The van der Waals surface area contributed by atoms with Crippen LogP contribution < -0.4 is 5.32 Å². The molecule has 2 aromatic rings. The van der Waals surface area contributed by atoms with Crippen molar-refractivity contribution >= 4 is 16.5 Å². The Balaban J connectivity index is 1.80. The van der Waals surface area contributed by atoms with Gasteiger partial charge in [-0.25, -0.2) is 0 Å². The molecular weight excluding hydrogens is 256 g/mol. The van der Waals surface area contributed by atoms with E-state index < -0.39 is 0 Å². The van der Waals surface area contributed by atoms with E-state index in [9.17, 15) is 5.26 Å². The number of hydrogen-bond donors (Lipinski definition) is 1. The van der Waals surface area contributed by atoms with E-state index in [4.69, 9.17) is 0 Å². The molecule has 2 nitrogen and oxygen atoms in total. The number of benzene rings is 2. The molecule has 1 saturated carbocycles. The number of rotatable bonds is 3. The van der Waals surface area contributed by atoms with E-state index in [1.165, 1.54) is 25.7 Å². The zero-order chi connectivity index (χ0) is 14.7. The van der Waals surface area contributed by atoms with Gasteiger partial charge in [0.1, 0.15) is 0 Å². The summed E-state index contributed by atoms with van der Waals surface area (Å²) in [6, 6.07) is 14.4. The molecule has 0 amide bonds. The standard InChI is InChI=1S/C19H22N2/c1-14-5-4-6-15(11-14)13-21-19-10-9-16(12-20)17-7-2-3-8-18(17)19/h2-3,7-10,14-15,21H,4-6,11,13H2,1H3. The second-order valence-electron chi connectivity index (χ2n) is 6.34. The van der Waals surface area contributed by atoms with Gasteiger partial charge in [0.25, 0.3) is 0 Å². The number of nitriles is 1. The molecule has 0 heterocycles. The van der Waals surface area contributed by atoms with Crippen LogP contribution in [-0.4, -0.2) is 6.54 Å². The van der Waals surface area contributed by atoms with Gasteiger partial charge in [-0.1, -0.05) is 44.0 Å². The summed E-state index contributed by atoms with van der Waals surface area (Å²) in [5.74, 6) is 1.64. The van der Waals surface area contributed by atoms with Crippen molar-refractivity contribution in [3.8, 4) is 6.07 Å². The van der Waals surface area contributed by atoms with Crippen molar-refractivity contribution in [1.29, 1.82) is 5.26 Å². The first kappa shape index (κ1) is 13.9. The van der Waals surface area contributed by atoms with Gasteiger partial charge >= 0.3 is 0 Å². The summed E-state index contributed by atoms with van der Waals surface area (Å²) in [5.41, 5.74) is 1.91. The lowest BCUT2D eigenvalue weighted by molar-refractivity contribution is 0.293. The van der Waals surface area contributed by atoms with E-state index in [-0.39, 0.29) is 0 Å². The van der Waals surface area contributed by atoms with Crippen molar-refractivity contribution < 1.29 is 0 Å². The molecule has 0 aromatic heterocycles. The van der Waals surface area contributed by atoms with E-state index in [1.54, 1.807) is 0 Å². The Morgan fingerprint density at radius 3 is 2.71 bits per heavy atom. The lowest BCUT2D eigenvalue weighted by atomic mass is 9.82. The molecular formula is C19H22N2. The lowest BCUT2D eigenvalue weighted by Crippen LogP contribution is -2.21. The molecule has 0 bridgehead atoms. The van der Waals surface area contributed by atoms with E-state index in [0.29, 0.717) is 0 Å². The third-order valence-corrected chi connectivity index (χ3v) is 4.67. The van der Waals surface area contributed by atoms with Gasteiger partial charge < -0.3 is 5.32 Å². The van der Waals surface area contributed by atoms with Crippen molar-refractivity contribution in [3.63, 3.8) is 0 Å². The Kier molecular flexibility index (Phi) is 4.10. The second kappa shape index (κ2) is 6.18. The minimum absolute atomic E-state index is 0.752. The number of fused-ring (bicyclic) bond motifs is 1. The molecule has 108 valence electrons. The molecule has 0 aliphatic heterocycles. The molecule has 2 aromatic carbocycles. The SMILES string of the molecule is CC1CCCC(CNc2ccc(C#N)c3ccccc23)C1. The average Bonchev–Trinajstić information content (AvgIpc) is 2.52. The highest BCUT2D eigenvalue weighted by Gasteiger charge is 2.18. The van der Waals surface area contributed by atoms with Crippen LogP contribution in [-0.2, 0) is 0 Å². The minimum atomic E-state index is 0.752. The van der Waals surface area contributed by atoms with Crippen molar-refractivity contribution in [2.45, 2.75) is 32.6 Å². The fraction of sp³-hybridized carbons (Fsp3) is 0.421. The summed E-state index contributed by atoms with van der Waals surface area (Å²) in [6.45, 7) is 3.41. The van der Waals surface area contributed by atoms with Crippen molar-refractivity contribution in [2.75, 3.05) is 11.9 Å². The van der Waals surface area contributed by atoms with Crippen LogP contribution in [0.25, 0.3) is 10.8 Å². The molecule has 0 spiro atoms. The Hall–Kier alpha value is -2.01. The Labute approximate surface area is 126 Å². The predicted octanol–water partition coefficient (Wildman–Crippen LogP) is 4.95. The minimum Gasteiger partial charge on any atom is -0.384 e. The average molecular weight is 278 g/mol. The van der Waals surface area contributed by atoms with E-state index in [2.05, 4.69) is 24.4 Å². The van der Waals surface area contributed by atoms with Crippen LogP contribution in [0.5, 0.6) is 0 Å². The summed E-state index contributed by atoms with van der Waals surface area (Å²) < 4.78 is 0. The van der Waals surface area contributed by atoms with Crippen molar-refractivity contribution in [1.82, 2.24) is 0 Å². The van der Waals surface area contributed by atoms with Gasteiger partial charge in [-0.15, -0.1) is 0 Å². The molecule has 2 heteroatoms. The van der Waals surface area contributed by atoms with Crippen molar-refractivity contribution in [3.05, 3.63) is 42.0 Å². The highest BCUT2D eigenvalue weighted by atomic mass is 14.9. The lowest BCUT2D eigenvalue weighted by Gasteiger charge is -2.27. The maximum atomic E-state index is 9.22. The van der Waals surface area contributed by atoms with Gasteiger partial charge in [-0.05, 0) is 36.8 Å². The highest BCUT2D eigenvalue weighted by molar-refractivity contribution is 5.97. The largest absolute Gasteiger partial charge is 0.384 e. The van der Waals surface area contributed by atoms with Crippen LogP contribution in [0.4, 0.5) is 5.69 Å². The van der Waals surface area contributed by atoms with Gasteiger partial charge in [0, 0.05) is 23.0 Å². The fourth-order valence-electron chi connectivity index (χ4n) is 3.55. The third-order valence-electron chi connectivity index (χ3n) is 4.67. The number of nitrogens with one attached hydrogen (secondary N) is 1. The summed E-state index contributed by atoms with van der Waals surface area (Å²) in [6.07, 6.45) is 5.42. The van der Waals surface area contributed by atoms with Gasteiger partial charge in [-0.2, -0.15) is 5.26 Å². The second-order valence-corrected chi connectivity index (χ2v) is 6.34. The van der Waals surface area contributed by atoms with Gasteiger partial charge in [0.15, 0.2) is 0 Å². The molecule has 21 heavy (non-hydrogen) atoms. The Bertz CT molecular complexity index is 669. The molecule has 2 atom stereocenters. The molecule has 1 aliphatic rings. The van der Waals surface area contributed by atoms with Gasteiger partial charge in [0.05, 0.1) is 11.6 Å². The van der Waals surface area contributed by atoms with Crippen LogP contribution >= 0.6 is 0 Å². The van der Waals surface area contributed by atoms with Crippen LogP contribution in [0.3, 0.4) is 0 Å². The number of hydrogen-bond acceptors (Lipinski definition) is 2. The van der Waals surface area contributed by atoms with Gasteiger partial charge in [0.2, 0.25) is 0 Å². The topological polar surface area (TPSA) is 35.8 Å². The highest BCUT2D eigenvalue weighted by Crippen LogP contribution is 2.30. The van der Waals surface area contributed by atoms with Gasteiger partial charge in [-0.3, -0.25) is 0 Å². The molecule has 2 unspecified atom stereocenters. The van der Waals surface area contributed by atoms with Crippen LogP contribution in [0.2, 0.25) is 0 Å². The maximum Gasteiger partial charge on any atom is 0.0998 e. The first-order valence-electron chi connectivity index (χ1n) is 7.93. The Morgan fingerprint density at radius 2 is 1.95 bits per heavy atom. The summed E-state index contributed by atoms with van der Waals surface area (Å²) >= 11 is 0. The molecule has 1 fully saturated rings. The smallest absolute Gasteiger partial charge is 0.0998 e. The van der Waals surface area contributed by atoms with Crippen LogP contribution in [0.1, 0.15) is 38.2 Å². The first-order valence-corrected chi connectivity index (χ1v) is 7.93. The molecule has 0 saturated heterocycles. The summed E-state index contributed by atoms with van der Waals surface area (Å²) in [7, 11) is 0. The molecule has 3 rings (SSSR count). The normalized spacial score (nSPS) is 21.9. The zero-order valence-corrected chi connectivity index (χ0v) is 12.6. The first-order chi connectivity index (χ1) is 10.3.